The predicted octanol–water partition coefficient (Wildman–Crippen LogP) is 4.95. The molecule has 3 aromatic rings. The second-order valence-electron chi connectivity index (χ2n) is 5.58. The summed E-state index contributed by atoms with van der Waals surface area (Å²) >= 11 is 21.6. The molecule has 6 nitrogen and oxygen atoms in total. The average Bonchev–Trinajstić information content (AvgIpc) is 3.04. The molecule has 0 aliphatic rings. The van der Waals surface area contributed by atoms with Crippen molar-refractivity contribution in [3.63, 3.8) is 0 Å². The molecule has 0 spiro atoms. The van der Waals surface area contributed by atoms with E-state index >= 15 is 0 Å². The van der Waals surface area contributed by atoms with E-state index in [4.69, 9.17) is 34.8 Å². The number of carbonyl (C=O) groups excluding carboxylic acids is 1. The highest BCUT2D eigenvalue weighted by molar-refractivity contribution is 9.10. The Balaban J connectivity index is 1.79. The lowest BCUT2D eigenvalue weighted by molar-refractivity contribution is 0.102. The number of halogens is 4. The number of aromatic nitrogens is 4. The van der Waals surface area contributed by atoms with Gasteiger partial charge in [-0.25, -0.2) is 0 Å². The molecule has 0 radical (unpaired) electrons. The van der Waals surface area contributed by atoms with Gasteiger partial charge in [0.25, 0.3) is 5.91 Å². The number of rotatable bonds is 4. The van der Waals surface area contributed by atoms with Crippen LogP contribution in [0.25, 0.3) is 0 Å². The minimum absolute atomic E-state index is 0.247. The van der Waals surface area contributed by atoms with Crippen molar-refractivity contribution in [2.75, 3.05) is 5.32 Å². The van der Waals surface area contributed by atoms with Gasteiger partial charge in [-0.1, -0.05) is 40.9 Å². The summed E-state index contributed by atoms with van der Waals surface area (Å²) in [6, 6.07) is 5.22. The number of carbonyl (C=O) groups is 1. The van der Waals surface area contributed by atoms with E-state index in [9.17, 15) is 4.79 Å². The summed E-state index contributed by atoms with van der Waals surface area (Å²) in [7, 11) is 1.76. The monoisotopic (exact) mass is 475 g/mol. The van der Waals surface area contributed by atoms with Crippen LogP contribution >= 0.6 is 50.7 Å². The number of benzene rings is 1. The lowest BCUT2D eigenvalue weighted by Crippen LogP contribution is -2.14. The van der Waals surface area contributed by atoms with E-state index in [1.807, 2.05) is 13.0 Å². The molecule has 0 unspecified atom stereocenters. The van der Waals surface area contributed by atoms with Gasteiger partial charge in [-0.2, -0.15) is 10.2 Å². The zero-order valence-electron chi connectivity index (χ0n) is 13.7. The average molecular weight is 478 g/mol. The van der Waals surface area contributed by atoms with Gasteiger partial charge in [0, 0.05) is 23.3 Å². The summed E-state index contributed by atoms with van der Waals surface area (Å²) in [5, 5.41) is 12.6. The highest BCUT2D eigenvalue weighted by atomic mass is 79.9. The second-order valence-corrected chi connectivity index (χ2v) is 7.63. The highest BCUT2D eigenvalue weighted by Crippen LogP contribution is 2.26. The molecular weight excluding hydrogens is 464 g/mol. The SMILES string of the molecule is Cc1c(Br)c(C(=O)Nc2nn(Cc3ccc(Cl)cc3Cl)cc2Cl)nn1C. The summed E-state index contributed by atoms with van der Waals surface area (Å²) in [5.74, 6) is -0.158. The molecular formula is C16H13BrCl3N5O. The van der Waals surface area contributed by atoms with Crippen molar-refractivity contribution < 1.29 is 4.79 Å². The van der Waals surface area contributed by atoms with Crippen LogP contribution in [0.4, 0.5) is 5.82 Å². The van der Waals surface area contributed by atoms with Crippen molar-refractivity contribution in [1.29, 1.82) is 0 Å². The standard InChI is InChI=1S/C16H13BrCl3N5O/c1-8-13(17)14(22-24(8)2)16(26)21-15-12(20)7-25(23-15)6-9-3-4-10(18)5-11(9)19/h3-5,7H,6H2,1-2H3,(H,21,23,26). The van der Waals surface area contributed by atoms with E-state index < -0.39 is 5.91 Å². The fourth-order valence-electron chi connectivity index (χ4n) is 2.28. The molecule has 1 amide bonds. The zero-order valence-corrected chi connectivity index (χ0v) is 17.6. The maximum atomic E-state index is 12.5. The van der Waals surface area contributed by atoms with Gasteiger partial charge < -0.3 is 5.32 Å². The van der Waals surface area contributed by atoms with Gasteiger partial charge in [-0.05, 0) is 40.5 Å². The Morgan fingerprint density at radius 2 is 1.96 bits per heavy atom. The number of aryl methyl sites for hydroxylation is 1. The molecule has 3 rings (SSSR count). The van der Waals surface area contributed by atoms with E-state index in [-0.39, 0.29) is 11.5 Å². The molecule has 0 aliphatic carbocycles. The molecule has 1 N–H and O–H groups in total. The lowest BCUT2D eigenvalue weighted by Gasteiger charge is -2.05. The quantitative estimate of drug-likeness (QED) is 0.578. The van der Waals surface area contributed by atoms with Crippen molar-refractivity contribution in [3.05, 3.63) is 60.9 Å². The van der Waals surface area contributed by atoms with Crippen LogP contribution in [-0.4, -0.2) is 25.5 Å². The molecule has 26 heavy (non-hydrogen) atoms. The largest absolute Gasteiger partial charge is 0.302 e. The van der Waals surface area contributed by atoms with Crippen molar-refractivity contribution in [2.45, 2.75) is 13.5 Å². The maximum Gasteiger partial charge on any atom is 0.278 e. The van der Waals surface area contributed by atoms with Crippen LogP contribution in [0.2, 0.25) is 15.1 Å². The minimum atomic E-state index is -0.405. The van der Waals surface area contributed by atoms with Gasteiger partial charge in [0.2, 0.25) is 0 Å². The van der Waals surface area contributed by atoms with Crippen LogP contribution in [0, 0.1) is 6.92 Å². The second kappa shape index (κ2) is 7.60. The van der Waals surface area contributed by atoms with Gasteiger partial charge in [-0.15, -0.1) is 0 Å². The first-order valence-corrected chi connectivity index (χ1v) is 9.36. The van der Waals surface area contributed by atoms with Gasteiger partial charge >= 0.3 is 0 Å². The Hall–Kier alpha value is -1.54. The highest BCUT2D eigenvalue weighted by Gasteiger charge is 2.20. The summed E-state index contributed by atoms with van der Waals surface area (Å²) in [5.41, 5.74) is 1.93. The van der Waals surface area contributed by atoms with Gasteiger partial charge in [0.15, 0.2) is 11.5 Å². The number of nitrogens with zero attached hydrogens (tertiary/aromatic N) is 4. The maximum absolute atomic E-state index is 12.5. The van der Waals surface area contributed by atoms with Crippen molar-refractivity contribution in [1.82, 2.24) is 19.6 Å². The topological polar surface area (TPSA) is 64.7 Å². The Kier molecular flexibility index (Phi) is 5.62. The number of amides is 1. The van der Waals surface area contributed by atoms with Crippen LogP contribution in [-0.2, 0) is 13.6 Å². The van der Waals surface area contributed by atoms with Crippen LogP contribution in [0.15, 0.2) is 28.9 Å². The first-order valence-electron chi connectivity index (χ1n) is 7.43. The molecule has 0 bridgehead atoms. The molecule has 0 aliphatic heterocycles. The molecule has 2 heterocycles. The van der Waals surface area contributed by atoms with Crippen LogP contribution in [0.3, 0.4) is 0 Å². The number of anilines is 1. The number of hydrogen-bond acceptors (Lipinski definition) is 3. The van der Waals surface area contributed by atoms with Crippen LogP contribution < -0.4 is 5.32 Å². The molecule has 0 fully saturated rings. The molecule has 2 aromatic heterocycles. The molecule has 0 saturated heterocycles. The molecule has 0 atom stereocenters. The Bertz CT molecular complexity index is 998. The number of nitrogens with one attached hydrogen (secondary N) is 1. The van der Waals surface area contributed by atoms with E-state index in [2.05, 4.69) is 31.4 Å². The van der Waals surface area contributed by atoms with E-state index in [1.165, 1.54) is 0 Å². The minimum Gasteiger partial charge on any atom is -0.302 e. The summed E-state index contributed by atoms with van der Waals surface area (Å²) in [4.78, 5) is 12.5. The summed E-state index contributed by atoms with van der Waals surface area (Å²) < 4.78 is 3.83. The fraction of sp³-hybridized carbons (Fsp3) is 0.188. The predicted molar refractivity (Wildman–Crippen MR) is 106 cm³/mol. The van der Waals surface area contributed by atoms with Crippen molar-refractivity contribution >= 4 is 62.5 Å². The normalized spacial score (nSPS) is 11.0. The molecule has 136 valence electrons. The first-order chi connectivity index (χ1) is 12.3. The Morgan fingerprint density at radius 1 is 1.23 bits per heavy atom. The molecule has 10 heteroatoms. The van der Waals surface area contributed by atoms with Crippen molar-refractivity contribution in [3.8, 4) is 0 Å². The van der Waals surface area contributed by atoms with Gasteiger partial charge in [0.05, 0.1) is 16.7 Å². The third-order valence-electron chi connectivity index (χ3n) is 3.77. The molecule has 1 aromatic carbocycles. The van der Waals surface area contributed by atoms with Crippen LogP contribution in [0.1, 0.15) is 21.7 Å². The van der Waals surface area contributed by atoms with E-state index in [0.29, 0.717) is 26.1 Å². The Labute approximate surface area is 173 Å². The third-order valence-corrected chi connectivity index (χ3v) is 5.59. The molecule has 0 saturated carbocycles. The smallest absolute Gasteiger partial charge is 0.278 e. The zero-order chi connectivity index (χ0) is 19.0. The first kappa shape index (κ1) is 19.2. The lowest BCUT2D eigenvalue weighted by atomic mass is 10.2. The van der Waals surface area contributed by atoms with E-state index in [0.717, 1.165) is 11.3 Å². The number of hydrogen-bond donors (Lipinski definition) is 1. The Morgan fingerprint density at radius 3 is 2.58 bits per heavy atom. The third kappa shape index (κ3) is 3.91. The summed E-state index contributed by atoms with van der Waals surface area (Å²) in [6.07, 6.45) is 1.61. The van der Waals surface area contributed by atoms with Crippen molar-refractivity contribution in [2.24, 2.45) is 7.05 Å². The summed E-state index contributed by atoms with van der Waals surface area (Å²) in [6.45, 7) is 2.24. The van der Waals surface area contributed by atoms with Gasteiger partial charge in [0.1, 0.15) is 5.02 Å². The van der Waals surface area contributed by atoms with E-state index in [1.54, 1.807) is 34.7 Å². The van der Waals surface area contributed by atoms with Gasteiger partial charge in [-0.3, -0.25) is 14.2 Å². The van der Waals surface area contributed by atoms with Crippen LogP contribution in [0.5, 0.6) is 0 Å². The fourth-order valence-corrected chi connectivity index (χ4v) is 3.46.